The molecule has 1 atom stereocenters. The van der Waals surface area contributed by atoms with E-state index in [2.05, 4.69) is 15.2 Å². The zero-order chi connectivity index (χ0) is 29.7. The number of ether oxygens (including phenoxy) is 3. The number of aliphatic hydroxyl groups excluding tert-OH is 1. The third-order valence-corrected chi connectivity index (χ3v) is 8.35. The van der Waals surface area contributed by atoms with Gasteiger partial charge in [0, 0.05) is 31.3 Å². The Balaban J connectivity index is 1.05. The fourth-order valence-corrected chi connectivity index (χ4v) is 6.04. The van der Waals surface area contributed by atoms with E-state index in [0.29, 0.717) is 57.4 Å². The number of pyridine rings is 1. The quantitative estimate of drug-likeness (QED) is 0.339. The molecule has 0 saturated carbocycles. The molecule has 0 spiro atoms. The summed E-state index contributed by atoms with van der Waals surface area (Å²) in [5, 5.41) is 13.7. The van der Waals surface area contributed by atoms with E-state index in [9.17, 15) is 19.5 Å². The molecule has 12 heteroatoms. The average Bonchev–Trinajstić information content (AvgIpc) is 3.70. The van der Waals surface area contributed by atoms with Gasteiger partial charge in [0.15, 0.2) is 11.5 Å². The molecule has 3 aromatic rings. The van der Waals surface area contributed by atoms with Gasteiger partial charge in [0.2, 0.25) is 6.79 Å². The van der Waals surface area contributed by atoms with E-state index in [1.54, 1.807) is 36.4 Å². The summed E-state index contributed by atoms with van der Waals surface area (Å²) in [5.41, 5.74) is 3.14. The summed E-state index contributed by atoms with van der Waals surface area (Å²) >= 11 is 0. The first-order chi connectivity index (χ1) is 20.9. The number of fused-ring (bicyclic) bond motifs is 3. The molecule has 4 aliphatic rings. The fraction of sp³-hybridized carbons (Fsp3) is 0.355. The average molecular weight is 586 g/mol. The first kappa shape index (κ1) is 27.2. The number of carbonyl (C=O) groups excluding carboxylic acids is 2. The van der Waals surface area contributed by atoms with Gasteiger partial charge in [0.05, 0.1) is 33.8 Å². The molecule has 2 aromatic carbocycles. The van der Waals surface area contributed by atoms with Crippen molar-refractivity contribution in [3.05, 3.63) is 75.2 Å². The van der Waals surface area contributed by atoms with Gasteiger partial charge >= 0.3 is 0 Å². The molecule has 2 amide bonds. The van der Waals surface area contributed by atoms with Gasteiger partial charge in [0.1, 0.15) is 18.5 Å². The lowest BCUT2D eigenvalue weighted by molar-refractivity contribution is 0.0516. The van der Waals surface area contributed by atoms with Crippen LogP contribution in [0.3, 0.4) is 0 Å². The van der Waals surface area contributed by atoms with Crippen LogP contribution >= 0.6 is 0 Å². The number of hydrogen-bond donors (Lipinski definition) is 3. The molecule has 12 nitrogen and oxygen atoms in total. The Hall–Kier alpha value is -4.68. The highest BCUT2D eigenvalue weighted by Gasteiger charge is 2.42. The molecule has 5 heterocycles. The molecule has 1 aromatic heterocycles. The van der Waals surface area contributed by atoms with Gasteiger partial charge in [-0.25, -0.2) is 0 Å². The number of anilines is 1. The van der Waals surface area contributed by atoms with Gasteiger partial charge in [0.25, 0.3) is 17.4 Å². The number of nitrogens with zero attached hydrogens (tertiary/aromatic N) is 3. The maximum atomic E-state index is 13.3. The number of aliphatic hydroxyl groups is 1. The minimum absolute atomic E-state index is 0.0136. The monoisotopic (exact) mass is 585 g/mol. The molecule has 1 fully saturated rings. The fourth-order valence-electron chi connectivity index (χ4n) is 6.04. The van der Waals surface area contributed by atoms with Crippen molar-refractivity contribution < 1.29 is 28.9 Å². The summed E-state index contributed by atoms with van der Waals surface area (Å²) in [7, 11) is 2.04. The van der Waals surface area contributed by atoms with E-state index < -0.39 is 6.10 Å². The maximum Gasteiger partial charge on any atom is 0.261 e. The van der Waals surface area contributed by atoms with Crippen molar-refractivity contribution in [1.29, 1.82) is 0 Å². The van der Waals surface area contributed by atoms with Gasteiger partial charge in [-0.2, -0.15) is 0 Å². The number of H-pyrrole nitrogens is 1. The molecule has 43 heavy (non-hydrogen) atoms. The van der Waals surface area contributed by atoms with Crippen molar-refractivity contribution in [3.8, 4) is 17.2 Å². The number of amides is 2. The number of imide groups is 1. The summed E-state index contributed by atoms with van der Waals surface area (Å²) in [6.07, 6.45) is 2.49. The van der Waals surface area contributed by atoms with Gasteiger partial charge < -0.3 is 34.5 Å². The molecular formula is C31H31N5O7. The van der Waals surface area contributed by atoms with Crippen molar-refractivity contribution in [2.45, 2.75) is 31.4 Å². The Labute approximate surface area is 246 Å². The Morgan fingerprint density at radius 2 is 1.84 bits per heavy atom. The lowest BCUT2D eigenvalue weighted by Crippen LogP contribution is -2.46. The molecule has 1 unspecified atom stereocenters. The van der Waals surface area contributed by atoms with E-state index in [0.717, 1.165) is 31.5 Å². The van der Waals surface area contributed by atoms with Crippen molar-refractivity contribution in [3.63, 3.8) is 0 Å². The van der Waals surface area contributed by atoms with Crippen LogP contribution in [0.25, 0.3) is 0 Å². The second kappa shape index (κ2) is 10.9. The molecule has 0 bridgehead atoms. The van der Waals surface area contributed by atoms with Crippen LogP contribution in [0.2, 0.25) is 0 Å². The maximum absolute atomic E-state index is 13.3. The summed E-state index contributed by atoms with van der Waals surface area (Å²) in [4.78, 5) is 50.7. The molecular weight excluding hydrogens is 554 g/mol. The number of rotatable bonds is 8. The van der Waals surface area contributed by atoms with Crippen molar-refractivity contribution >= 4 is 28.9 Å². The first-order valence-electron chi connectivity index (χ1n) is 14.3. The summed E-state index contributed by atoms with van der Waals surface area (Å²) in [5.74, 6) is 1.23. The second-order valence-electron chi connectivity index (χ2n) is 11.2. The Kier molecular flexibility index (Phi) is 6.86. The summed E-state index contributed by atoms with van der Waals surface area (Å²) in [6, 6.07) is 10.2. The predicted molar refractivity (Wildman–Crippen MR) is 157 cm³/mol. The third kappa shape index (κ3) is 5.02. The van der Waals surface area contributed by atoms with Crippen LogP contribution in [0.1, 0.15) is 44.7 Å². The lowest BCUT2D eigenvalue weighted by Gasteiger charge is -2.33. The first-order valence-corrected chi connectivity index (χ1v) is 14.3. The number of aliphatic imine (C=N–C) groups is 1. The number of aromatic nitrogens is 1. The zero-order valence-corrected chi connectivity index (χ0v) is 23.6. The predicted octanol–water partition coefficient (Wildman–Crippen LogP) is 2.32. The van der Waals surface area contributed by atoms with E-state index in [1.807, 2.05) is 7.05 Å². The highest BCUT2D eigenvalue weighted by molar-refractivity contribution is 6.22. The van der Waals surface area contributed by atoms with Crippen LogP contribution in [0, 0.1) is 0 Å². The molecule has 4 aliphatic heterocycles. The Morgan fingerprint density at radius 3 is 2.65 bits per heavy atom. The highest BCUT2D eigenvalue weighted by Crippen LogP contribution is 2.38. The number of likely N-dealkylation sites (tertiary alicyclic amines) is 1. The molecule has 222 valence electrons. The van der Waals surface area contributed by atoms with Crippen LogP contribution in [0.4, 0.5) is 11.4 Å². The van der Waals surface area contributed by atoms with Crippen molar-refractivity contribution in [1.82, 2.24) is 14.8 Å². The van der Waals surface area contributed by atoms with Crippen LogP contribution in [0.5, 0.6) is 17.2 Å². The molecule has 0 aliphatic carbocycles. The van der Waals surface area contributed by atoms with Crippen LogP contribution in [-0.2, 0) is 6.42 Å². The summed E-state index contributed by atoms with van der Waals surface area (Å²) < 4.78 is 16.4. The number of aromatic amines is 1. The van der Waals surface area contributed by atoms with E-state index >= 15 is 0 Å². The van der Waals surface area contributed by atoms with Gasteiger partial charge in [-0.3, -0.25) is 24.3 Å². The lowest BCUT2D eigenvalue weighted by atomic mass is 10.00. The topological polar surface area (TPSA) is 146 Å². The molecule has 0 radical (unpaired) electrons. The number of benzene rings is 2. The number of hydrogen-bond acceptors (Lipinski definition) is 10. The van der Waals surface area contributed by atoms with Crippen LogP contribution in [-0.4, -0.2) is 89.6 Å². The zero-order valence-electron chi connectivity index (χ0n) is 23.6. The van der Waals surface area contributed by atoms with Gasteiger partial charge in [-0.15, -0.1) is 0 Å². The number of nitrogens with one attached hydrogen (secondary N) is 2. The third-order valence-electron chi connectivity index (χ3n) is 8.35. The standard InChI is InChI=1S/C31H31N5O7/c1-35-8-5-18(6-9-35)36-30(39)21-10-17-11-25(34-24(17)13-22(21)31(36)40)28-23(4-7-32-29(28)38)33-14-19(37)15-41-20-2-3-26-27(12-20)43-16-42-26/h2-4,7,10,12-13,18-19,37H,5-6,8-9,11,14-16H2,1H3,(H2,32,33,38). The smallest absolute Gasteiger partial charge is 0.261 e. The number of carbonyl (C=O) groups is 2. The van der Waals surface area contributed by atoms with Crippen molar-refractivity contribution in [2.75, 3.05) is 45.4 Å². The van der Waals surface area contributed by atoms with Crippen LogP contribution < -0.4 is 25.1 Å². The Morgan fingerprint density at radius 1 is 1.07 bits per heavy atom. The van der Waals surface area contributed by atoms with Gasteiger partial charge in [-0.1, -0.05) is 0 Å². The molecule has 3 N–H and O–H groups in total. The summed E-state index contributed by atoms with van der Waals surface area (Å²) in [6.45, 7) is 1.98. The van der Waals surface area contributed by atoms with Crippen molar-refractivity contribution in [2.24, 2.45) is 4.99 Å². The largest absolute Gasteiger partial charge is 0.491 e. The van der Waals surface area contributed by atoms with E-state index in [1.165, 1.54) is 11.1 Å². The van der Waals surface area contributed by atoms with E-state index in [4.69, 9.17) is 19.2 Å². The minimum atomic E-state index is -0.882. The Bertz CT molecular complexity index is 1710. The van der Waals surface area contributed by atoms with Gasteiger partial charge in [-0.05, 0) is 68.9 Å². The highest BCUT2D eigenvalue weighted by atomic mass is 16.7. The minimum Gasteiger partial charge on any atom is -0.491 e. The SMILES string of the molecule is CN1CCC(N2C(=O)c3cc4c(cc3C2=O)N=C(c2c(NCC(O)COc3ccc5c(c3)OCO5)cc[nH]c2=O)C4)CC1. The van der Waals surface area contributed by atoms with Crippen LogP contribution in [0.15, 0.2) is 52.4 Å². The van der Waals surface area contributed by atoms with E-state index in [-0.39, 0.29) is 43.4 Å². The number of piperidine rings is 1. The normalized spacial score (nSPS) is 18.5. The second-order valence-corrected chi connectivity index (χ2v) is 11.2. The molecule has 7 rings (SSSR count). The molecule has 1 saturated heterocycles.